The molecule has 0 aliphatic rings. The third-order valence-corrected chi connectivity index (χ3v) is 2.77. The van der Waals surface area contributed by atoms with Gasteiger partial charge in [-0.05, 0) is 18.1 Å². The Balaban J connectivity index is 3.35. The SMILES string of the molecule is Cc1ccc([N+](=O)[O-])c(Cl)c1CBr. The van der Waals surface area contributed by atoms with E-state index in [1.807, 2.05) is 6.92 Å². The fraction of sp³-hybridized carbons (Fsp3) is 0.250. The van der Waals surface area contributed by atoms with Gasteiger partial charge in [0.25, 0.3) is 5.69 Å². The molecule has 0 spiro atoms. The summed E-state index contributed by atoms with van der Waals surface area (Å²) in [6.45, 7) is 1.87. The Hall–Kier alpha value is -0.610. The zero-order valence-electron chi connectivity index (χ0n) is 6.88. The van der Waals surface area contributed by atoms with Crippen molar-refractivity contribution in [3.8, 4) is 0 Å². The van der Waals surface area contributed by atoms with Gasteiger partial charge in [-0.1, -0.05) is 33.6 Å². The smallest absolute Gasteiger partial charge is 0.258 e. The molecule has 70 valence electrons. The average Bonchev–Trinajstić information content (AvgIpc) is 2.04. The van der Waals surface area contributed by atoms with E-state index in [2.05, 4.69) is 15.9 Å². The Labute approximate surface area is 89.0 Å². The fourth-order valence-corrected chi connectivity index (χ4v) is 2.24. The predicted molar refractivity (Wildman–Crippen MR) is 55.5 cm³/mol. The first-order valence-corrected chi connectivity index (χ1v) is 5.06. The summed E-state index contributed by atoms with van der Waals surface area (Å²) >= 11 is 9.07. The maximum Gasteiger partial charge on any atom is 0.288 e. The van der Waals surface area contributed by atoms with Crippen molar-refractivity contribution in [3.05, 3.63) is 38.4 Å². The molecule has 0 amide bonds. The van der Waals surface area contributed by atoms with E-state index in [0.717, 1.165) is 11.1 Å². The molecule has 13 heavy (non-hydrogen) atoms. The van der Waals surface area contributed by atoms with Gasteiger partial charge < -0.3 is 0 Å². The number of halogens is 2. The van der Waals surface area contributed by atoms with Gasteiger partial charge in [-0.2, -0.15) is 0 Å². The first-order chi connectivity index (χ1) is 6.07. The normalized spacial score (nSPS) is 10.1. The molecule has 0 aromatic heterocycles. The van der Waals surface area contributed by atoms with Gasteiger partial charge in [0.05, 0.1) is 4.92 Å². The minimum atomic E-state index is -0.478. The maximum absolute atomic E-state index is 10.5. The Morgan fingerprint density at radius 2 is 2.23 bits per heavy atom. The van der Waals surface area contributed by atoms with Crippen LogP contribution in [0.1, 0.15) is 11.1 Å². The molecule has 0 fully saturated rings. The Kier molecular flexibility index (Phi) is 3.27. The van der Waals surface area contributed by atoms with Crippen molar-refractivity contribution in [2.24, 2.45) is 0 Å². The van der Waals surface area contributed by atoms with E-state index in [9.17, 15) is 10.1 Å². The van der Waals surface area contributed by atoms with Crippen molar-refractivity contribution in [3.63, 3.8) is 0 Å². The van der Waals surface area contributed by atoms with Gasteiger partial charge in [0.1, 0.15) is 5.02 Å². The number of alkyl halides is 1. The van der Waals surface area contributed by atoms with Crippen molar-refractivity contribution in [2.75, 3.05) is 0 Å². The van der Waals surface area contributed by atoms with Crippen LogP contribution < -0.4 is 0 Å². The highest BCUT2D eigenvalue weighted by Crippen LogP contribution is 2.31. The molecule has 0 saturated carbocycles. The molecular formula is C8H7BrClNO2. The van der Waals surface area contributed by atoms with Crippen LogP contribution in [0.15, 0.2) is 12.1 Å². The third-order valence-electron chi connectivity index (χ3n) is 1.79. The standard InChI is InChI=1S/C8H7BrClNO2/c1-5-2-3-7(11(12)13)8(10)6(5)4-9/h2-3H,4H2,1H3. The van der Waals surface area contributed by atoms with Gasteiger partial charge >= 0.3 is 0 Å². The van der Waals surface area contributed by atoms with Crippen LogP contribution in [0.2, 0.25) is 5.02 Å². The van der Waals surface area contributed by atoms with Crippen LogP contribution in [0.3, 0.4) is 0 Å². The zero-order valence-corrected chi connectivity index (χ0v) is 9.22. The lowest BCUT2D eigenvalue weighted by atomic mass is 10.1. The Morgan fingerprint density at radius 1 is 1.62 bits per heavy atom. The lowest BCUT2D eigenvalue weighted by molar-refractivity contribution is -0.384. The molecule has 5 heteroatoms. The van der Waals surface area contributed by atoms with E-state index in [1.54, 1.807) is 6.07 Å². The molecule has 0 atom stereocenters. The molecule has 1 aromatic rings. The van der Waals surface area contributed by atoms with Crippen LogP contribution in [0.5, 0.6) is 0 Å². The minimum Gasteiger partial charge on any atom is -0.258 e. The van der Waals surface area contributed by atoms with Crippen LogP contribution in [0, 0.1) is 17.0 Å². The summed E-state index contributed by atoms with van der Waals surface area (Å²) in [6.07, 6.45) is 0. The predicted octanol–water partition coefficient (Wildman–Crippen LogP) is 3.45. The summed E-state index contributed by atoms with van der Waals surface area (Å²) in [5.41, 5.74) is 1.69. The monoisotopic (exact) mass is 263 g/mol. The maximum atomic E-state index is 10.5. The van der Waals surface area contributed by atoms with Crippen molar-refractivity contribution in [2.45, 2.75) is 12.3 Å². The molecule has 0 unspecified atom stereocenters. The molecule has 0 aliphatic carbocycles. The van der Waals surface area contributed by atoms with E-state index >= 15 is 0 Å². The topological polar surface area (TPSA) is 43.1 Å². The molecule has 3 nitrogen and oxygen atoms in total. The second-order valence-electron chi connectivity index (χ2n) is 2.58. The largest absolute Gasteiger partial charge is 0.288 e. The molecule has 1 rings (SSSR count). The van der Waals surface area contributed by atoms with Crippen molar-refractivity contribution < 1.29 is 4.92 Å². The molecule has 0 saturated heterocycles. The summed E-state index contributed by atoms with van der Waals surface area (Å²) in [4.78, 5) is 10.0. The van der Waals surface area contributed by atoms with Crippen LogP contribution in [-0.4, -0.2) is 4.92 Å². The van der Waals surface area contributed by atoms with Gasteiger partial charge in [-0.15, -0.1) is 0 Å². The lowest BCUT2D eigenvalue weighted by Gasteiger charge is -2.04. The van der Waals surface area contributed by atoms with Gasteiger partial charge in [-0.25, -0.2) is 0 Å². The highest BCUT2D eigenvalue weighted by molar-refractivity contribution is 9.08. The Bertz CT molecular complexity index is 354. The molecule has 1 aromatic carbocycles. The highest BCUT2D eigenvalue weighted by atomic mass is 79.9. The number of aryl methyl sites for hydroxylation is 1. The minimum absolute atomic E-state index is 0.0401. The molecule has 0 heterocycles. The molecule has 0 N–H and O–H groups in total. The second kappa shape index (κ2) is 4.07. The van der Waals surface area contributed by atoms with Crippen LogP contribution >= 0.6 is 27.5 Å². The number of rotatable bonds is 2. The quantitative estimate of drug-likeness (QED) is 0.466. The van der Waals surface area contributed by atoms with E-state index < -0.39 is 4.92 Å². The van der Waals surface area contributed by atoms with Gasteiger partial charge in [0.2, 0.25) is 0 Å². The van der Waals surface area contributed by atoms with E-state index in [0.29, 0.717) is 5.33 Å². The molecule has 0 bridgehead atoms. The van der Waals surface area contributed by atoms with Crippen molar-refractivity contribution in [1.82, 2.24) is 0 Å². The first kappa shape index (κ1) is 10.5. The number of hydrogen-bond acceptors (Lipinski definition) is 2. The third kappa shape index (κ3) is 2.00. The lowest BCUT2D eigenvalue weighted by Crippen LogP contribution is -1.94. The summed E-state index contributed by atoms with van der Waals surface area (Å²) in [5.74, 6) is 0. The van der Waals surface area contributed by atoms with Crippen LogP contribution in [0.4, 0.5) is 5.69 Å². The van der Waals surface area contributed by atoms with E-state index in [-0.39, 0.29) is 10.7 Å². The van der Waals surface area contributed by atoms with Crippen LogP contribution in [0.25, 0.3) is 0 Å². The van der Waals surface area contributed by atoms with E-state index in [1.165, 1.54) is 6.07 Å². The number of hydrogen-bond donors (Lipinski definition) is 0. The first-order valence-electron chi connectivity index (χ1n) is 3.56. The fourth-order valence-electron chi connectivity index (χ4n) is 1.01. The van der Waals surface area contributed by atoms with Crippen molar-refractivity contribution in [1.29, 1.82) is 0 Å². The molecular weight excluding hydrogens is 257 g/mol. The average molecular weight is 265 g/mol. The highest BCUT2D eigenvalue weighted by Gasteiger charge is 2.16. The van der Waals surface area contributed by atoms with Crippen LogP contribution in [-0.2, 0) is 5.33 Å². The zero-order chi connectivity index (χ0) is 10.0. The van der Waals surface area contributed by atoms with E-state index in [4.69, 9.17) is 11.6 Å². The number of nitrogens with zero attached hydrogens (tertiary/aromatic N) is 1. The van der Waals surface area contributed by atoms with Gasteiger partial charge in [0, 0.05) is 11.4 Å². The molecule has 0 radical (unpaired) electrons. The van der Waals surface area contributed by atoms with Gasteiger partial charge in [-0.3, -0.25) is 10.1 Å². The number of nitro groups is 1. The summed E-state index contributed by atoms with van der Waals surface area (Å²) in [6, 6.07) is 3.12. The number of benzene rings is 1. The summed E-state index contributed by atoms with van der Waals surface area (Å²) in [5, 5.41) is 11.3. The van der Waals surface area contributed by atoms with Gasteiger partial charge in [0.15, 0.2) is 0 Å². The summed E-state index contributed by atoms with van der Waals surface area (Å²) in [7, 11) is 0. The molecule has 0 aliphatic heterocycles. The second-order valence-corrected chi connectivity index (χ2v) is 3.52. The van der Waals surface area contributed by atoms with Crippen molar-refractivity contribution >= 4 is 33.2 Å². The Morgan fingerprint density at radius 3 is 2.69 bits per heavy atom. The number of nitro benzene ring substituents is 1. The summed E-state index contributed by atoms with van der Waals surface area (Å²) < 4.78 is 0.